The van der Waals surface area contributed by atoms with E-state index in [0.29, 0.717) is 12.0 Å². The standard InChI is InChI=1S/C29H34N2Te/c1-22-13-12-14-23(2)27(22)31-29(32-26-19-10-5-11-20-26)28(25-17-8-4-9-18-25)30-21-24-15-6-3-7-16-24/h3,5-7,10-16,19-20,25,28,30H,4,8-9,17-18,21H2,1-2H3. The number of hydrogen-bond acceptors (Lipinski definition) is 2. The fourth-order valence-corrected chi connectivity index (χ4v) is 7.67. The second kappa shape index (κ2) is 11.8. The molecule has 0 aliphatic heterocycles. The molecule has 0 spiro atoms. The zero-order valence-corrected chi connectivity index (χ0v) is 21.6. The minimum absolute atomic E-state index is 0.345. The molecular weight excluding hydrogens is 504 g/mol. The Bertz CT molecular complexity index is 988. The van der Waals surface area contributed by atoms with Gasteiger partial charge in [0.25, 0.3) is 0 Å². The average molecular weight is 538 g/mol. The summed E-state index contributed by atoms with van der Waals surface area (Å²) in [6.07, 6.45) is 6.67. The Hall–Kier alpha value is -1.92. The van der Waals surface area contributed by atoms with E-state index in [9.17, 15) is 0 Å². The van der Waals surface area contributed by atoms with E-state index in [1.54, 1.807) is 0 Å². The normalized spacial score (nSPS) is 16.1. The second-order valence-electron chi connectivity index (χ2n) is 8.85. The zero-order chi connectivity index (χ0) is 22.2. The van der Waals surface area contributed by atoms with E-state index >= 15 is 0 Å². The van der Waals surface area contributed by atoms with Gasteiger partial charge in [0.1, 0.15) is 0 Å². The van der Waals surface area contributed by atoms with Crippen LogP contribution in [0.4, 0.5) is 5.69 Å². The first kappa shape index (κ1) is 23.2. The van der Waals surface area contributed by atoms with Crippen LogP contribution in [-0.4, -0.2) is 30.7 Å². The number of aliphatic imine (C=N–C) groups is 1. The van der Waals surface area contributed by atoms with Crippen molar-refractivity contribution in [3.8, 4) is 0 Å². The van der Waals surface area contributed by atoms with Gasteiger partial charge in [-0.2, -0.15) is 0 Å². The Kier molecular flexibility index (Phi) is 8.57. The number of hydrogen-bond donors (Lipinski definition) is 1. The molecule has 0 saturated heterocycles. The van der Waals surface area contributed by atoms with Crippen LogP contribution in [0.5, 0.6) is 0 Å². The molecule has 1 atom stereocenters. The first-order valence-electron chi connectivity index (χ1n) is 11.9. The molecule has 32 heavy (non-hydrogen) atoms. The van der Waals surface area contributed by atoms with Gasteiger partial charge < -0.3 is 0 Å². The van der Waals surface area contributed by atoms with Gasteiger partial charge in [0.05, 0.1) is 0 Å². The number of nitrogens with one attached hydrogen (secondary N) is 1. The van der Waals surface area contributed by atoms with E-state index in [-0.39, 0.29) is 0 Å². The monoisotopic (exact) mass is 540 g/mol. The molecule has 1 aliphatic carbocycles. The van der Waals surface area contributed by atoms with Crippen LogP contribution in [0.2, 0.25) is 0 Å². The molecule has 0 radical (unpaired) electrons. The SMILES string of the molecule is Cc1cccc(C)c1N=C([Te]c1ccccc1)C(NCc1ccccc1)C1CCCCC1. The van der Waals surface area contributed by atoms with Gasteiger partial charge >= 0.3 is 204 Å². The van der Waals surface area contributed by atoms with Crippen molar-refractivity contribution in [1.29, 1.82) is 0 Å². The quantitative estimate of drug-likeness (QED) is 0.272. The summed E-state index contributed by atoms with van der Waals surface area (Å²) in [6, 6.07) is 28.7. The van der Waals surface area contributed by atoms with E-state index in [2.05, 4.69) is 98.0 Å². The van der Waals surface area contributed by atoms with Gasteiger partial charge in [-0.1, -0.05) is 0 Å². The first-order chi connectivity index (χ1) is 15.7. The van der Waals surface area contributed by atoms with Crippen molar-refractivity contribution in [2.45, 2.75) is 58.5 Å². The van der Waals surface area contributed by atoms with Gasteiger partial charge in [-0.25, -0.2) is 0 Å². The van der Waals surface area contributed by atoms with Gasteiger partial charge in [0.15, 0.2) is 0 Å². The number of benzene rings is 3. The summed E-state index contributed by atoms with van der Waals surface area (Å²) in [5.41, 5.74) is 5.06. The van der Waals surface area contributed by atoms with Crippen molar-refractivity contribution in [3.63, 3.8) is 0 Å². The zero-order valence-electron chi connectivity index (χ0n) is 19.3. The van der Waals surface area contributed by atoms with Crippen LogP contribution in [0, 0.1) is 19.8 Å². The predicted octanol–water partition coefficient (Wildman–Crippen LogP) is 6.10. The van der Waals surface area contributed by atoms with Crippen molar-refractivity contribution in [3.05, 3.63) is 95.6 Å². The van der Waals surface area contributed by atoms with Crippen molar-refractivity contribution in [1.82, 2.24) is 5.32 Å². The van der Waals surface area contributed by atoms with Crippen LogP contribution in [0.3, 0.4) is 0 Å². The molecule has 1 N–H and O–H groups in total. The average Bonchev–Trinajstić information content (AvgIpc) is 2.83. The first-order valence-corrected chi connectivity index (χ1v) is 14.2. The molecule has 1 saturated carbocycles. The number of nitrogens with zero attached hydrogens (tertiary/aromatic N) is 1. The van der Waals surface area contributed by atoms with Crippen LogP contribution in [0.25, 0.3) is 0 Å². The van der Waals surface area contributed by atoms with Crippen LogP contribution < -0.4 is 8.93 Å². The Morgan fingerprint density at radius 3 is 2.12 bits per heavy atom. The van der Waals surface area contributed by atoms with Crippen LogP contribution >= 0.6 is 0 Å². The van der Waals surface area contributed by atoms with E-state index in [1.807, 2.05) is 0 Å². The third kappa shape index (κ3) is 6.32. The Morgan fingerprint density at radius 1 is 0.844 bits per heavy atom. The fourth-order valence-electron chi connectivity index (χ4n) is 4.60. The summed E-state index contributed by atoms with van der Waals surface area (Å²) in [5, 5.41) is 3.99. The number of aryl methyl sites for hydroxylation is 2. The van der Waals surface area contributed by atoms with Crippen molar-refractivity contribution >= 4 is 34.0 Å². The number of para-hydroxylation sites is 1. The molecule has 3 heteroatoms. The molecule has 2 nitrogen and oxygen atoms in total. The van der Waals surface area contributed by atoms with Crippen molar-refractivity contribution < 1.29 is 0 Å². The van der Waals surface area contributed by atoms with Gasteiger partial charge in [-0.15, -0.1) is 0 Å². The number of rotatable bonds is 8. The summed E-state index contributed by atoms with van der Waals surface area (Å²) in [7, 11) is 0. The molecule has 0 amide bonds. The van der Waals surface area contributed by atoms with Crippen LogP contribution in [-0.2, 0) is 6.54 Å². The molecule has 1 unspecified atom stereocenters. The third-order valence-corrected chi connectivity index (χ3v) is 9.42. The minimum atomic E-state index is -0.578. The van der Waals surface area contributed by atoms with Gasteiger partial charge in [-0.05, 0) is 0 Å². The van der Waals surface area contributed by atoms with Gasteiger partial charge in [0, 0.05) is 0 Å². The van der Waals surface area contributed by atoms with Gasteiger partial charge in [-0.3, -0.25) is 0 Å². The molecule has 1 fully saturated rings. The van der Waals surface area contributed by atoms with E-state index in [4.69, 9.17) is 4.99 Å². The molecule has 3 aromatic rings. The molecule has 0 heterocycles. The Labute approximate surface area is 203 Å². The van der Waals surface area contributed by atoms with Crippen LogP contribution in [0.1, 0.15) is 48.8 Å². The molecule has 166 valence electrons. The Morgan fingerprint density at radius 2 is 1.47 bits per heavy atom. The van der Waals surface area contributed by atoms with Crippen molar-refractivity contribution in [2.24, 2.45) is 10.9 Å². The molecule has 1 aliphatic rings. The molecular formula is C29H34N2Te. The molecule has 4 rings (SSSR count). The summed E-state index contributed by atoms with van der Waals surface area (Å²) < 4.78 is 2.87. The summed E-state index contributed by atoms with van der Waals surface area (Å²) >= 11 is -0.578. The van der Waals surface area contributed by atoms with E-state index < -0.39 is 20.9 Å². The molecule has 0 bridgehead atoms. The maximum atomic E-state index is 5.45. The fraction of sp³-hybridized carbons (Fsp3) is 0.345. The van der Waals surface area contributed by atoms with E-state index in [0.717, 1.165) is 6.54 Å². The summed E-state index contributed by atoms with van der Waals surface area (Å²) in [4.78, 5) is 5.45. The summed E-state index contributed by atoms with van der Waals surface area (Å²) in [5.74, 6) is 0.671. The maximum absolute atomic E-state index is 5.45. The molecule has 3 aromatic carbocycles. The molecule has 0 aromatic heterocycles. The Balaban J connectivity index is 1.71. The van der Waals surface area contributed by atoms with E-state index in [1.165, 1.54) is 61.9 Å². The topological polar surface area (TPSA) is 24.4 Å². The second-order valence-corrected chi connectivity index (χ2v) is 12.0. The third-order valence-electron chi connectivity index (χ3n) is 6.38. The van der Waals surface area contributed by atoms with Gasteiger partial charge in [0.2, 0.25) is 0 Å². The predicted molar refractivity (Wildman–Crippen MR) is 138 cm³/mol. The summed E-state index contributed by atoms with van der Waals surface area (Å²) in [6.45, 7) is 5.29. The van der Waals surface area contributed by atoms with Crippen LogP contribution in [0.15, 0.2) is 83.9 Å². The van der Waals surface area contributed by atoms with Crippen molar-refractivity contribution in [2.75, 3.05) is 0 Å².